The highest BCUT2D eigenvalue weighted by Gasteiger charge is 2.10. The summed E-state index contributed by atoms with van der Waals surface area (Å²) in [7, 11) is 0. The standard InChI is InChI=1S/C21H41N2O2.ClH/c1-2-3-4-5-6-7-8-9-10-11-12-13-14-21(25)19-23-16-15-22(20-23)17-18-24;/h15-16,20-21,24-25H,2-14,17-19H2,1H3;1H/q+1;/p-1. The maximum absolute atomic E-state index is 10.1. The average Bonchev–Trinajstić information content (AvgIpc) is 3.03. The van der Waals surface area contributed by atoms with Gasteiger partial charge >= 0.3 is 0 Å². The minimum absolute atomic E-state index is 0. The maximum atomic E-state index is 10.1. The van der Waals surface area contributed by atoms with E-state index in [4.69, 9.17) is 5.11 Å². The lowest BCUT2D eigenvalue weighted by Gasteiger charge is -2.08. The molecule has 0 aliphatic rings. The summed E-state index contributed by atoms with van der Waals surface area (Å²) in [6, 6.07) is 0. The van der Waals surface area contributed by atoms with Crippen molar-refractivity contribution in [3.8, 4) is 0 Å². The second kappa shape index (κ2) is 17.8. The molecule has 0 aliphatic carbocycles. The first kappa shape index (κ1) is 25.4. The molecule has 0 saturated heterocycles. The summed E-state index contributed by atoms with van der Waals surface area (Å²) in [5, 5.41) is 19.0. The van der Waals surface area contributed by atoms with Gasteiger partial charge in [-0.15, -0.1) is 0 Å². The Morgan fingerprint density at radius 3 is 1.96 bits per heavy atom. The summed E-state index contributed by atoms with van der Waals surface area (Å²) >= 11 is 0. The molecule has 0 radical (unpaired) electrons. The fourth-order valence-corrected chi connectivity index (χ4v) is 3.35. The van der Waals surface area contributed by atoms with Crippen LogP contribution in [0.15, 0.2) is 18.7 Å². The quantitative estimate of drug-likeness (QED) is 0.311. The Hall–Kier alpha value is -0.580. The molecule has 0 amide bonds. The Kier molecular flexibility index (Phi) is 17.4. The van der Waals surface area contributed by atoms with Gasteiger partial charge < -0.3 is 22.6 Å². The van der Waals surface area contributed by atoms with Gasteiger partial charge in [-0.2, -0.15) is 0 Å². The zero-order chi connectivity index (χ0) is 18.2. The maximum Gasteiger partial charge on any atom is 0.243 e. The molecule has 1 heterocycles. The highest BCUT2D eigenvalue weighted by Crippen LogP contribution is 2.13. The second-order valence-corrected chi connectivity index (χ2v) is 7.40. The van der Waals surface area contributed by atoms with Crippen molar-refractivity contribution in [3.63, 3.8) is 0 Å². The van der Waals surface area contributed by atoms with E-state index < -0.39 is 0 Å². The third kappa shape index (κ3) is 13.6. The van der Waals surface area contributed by atoms with Gasteiger partial charge in [0.2, 0.25) is 6.33 Å². The first-order chi connectivity index (χ1) is 12.3. The number of nitrogens with zero attached hydrogens (tertiary/aromatic N) is 2. The fourth-order valence-electron chi connectivity index (χ4n) is 3.35. The highest BCUT2D eigenvalue weighted by atomic mass is 35.5. The molecule has 4 nitrogen and oxygen atoms in total. The van der Waals surface area contributed by atoms with Gasteiger partial charge in [0, 0.05) is 0 Å². The Morgan fingerprint density at radius 1 is 0.885 bits per heavy atom. The van der Waals surface area contributed by atoms with E-state index in [1.54, 1.807) is 0 Å². The molecule has 1 rings (SSSR count). The SMILES string of the molecule is CCCCCCCCCCCCCCC(O)C[n+]1ccn(CCO)c1.[Cl-]. The molecule has 154 valence electrons. The summed E-state index contributed by atoms with van der Waals surface area (Å²) in [6.07, 6.45) is 22.7. The van der Waals surface area contributed by atoms with Gasteiger partial charge in [0.25, 0.3) is 0 Å². The van der Waals surface area contributed by atoms with Crippen LogP contribution in [0.2, 0.25) is 0 Å². The third-order valence-corrected chi connectivity index (χ3v) is 4.92. The van der Waals surface area contributed by atoms with E-state index in [-0.39, 0.29) is 25.1 Å². The first-order valence-electron chi connectivity index (χ1n) is 10.6. The number of hydrogen-bond donors (Lipinski definition) is 2. The molecular weight excluding hydrogens is 348 g/mol. The highest BCUT2D eigenvalue weighted by molar-refractivity contribution is 4.66. The van der Waals surface area contributed by atoms with Crippen LogP contribution in [-0.2, 0) is 13.1 Å². The predicted molar refractivity (Wildman–Crippen MR) is 103 cm³/mol. The van der Waals surface area contributed by atoms with E-state index >= 15 is 0 Å². The normalized spacial score (nSPS) is 12.1. The van der Waals surface area contributed by atoms with Crippen molar-refractivity contribution in [2.75, 3.05) is 6.61 Å². The van der Waals surface area contributed by atoms with Gasteiger partial charge in [0.05, 0.1) is 12.7 Å². The van der Waals surface area contributed by atoms with Crippen LogP contribution in [0.25, 0.3) is 0 Å². The van der Waals surface area contributed by atoms with Crippen molar-refractivity contribution in [2.45, 2.75) is 110 Å². The molecule has 2 N–H and O–H groups in total. The topological polar surface area (TPSA) is 49.3 Å². The Labute approximate surface area is 167 Å². The number of halogens is 1. The number of unbranched alkanes of at least 4 members (excludes halogenated alkanes) is 11. The number of aliphatic hydroxyl groups is 2. The van der Waals surface area contributed by atoms with Crippen LogP contribution < -0.4 is 17.0 Å². The molecule has 0 fully saturated rings. The number of hydrogen-bond acceptors (Lipinski definition) is 2. The monoisotopic (exact) mass is 388 g/mol. The lowest BCUT2D eigenvalue weighted by Crippen LogP contribution is -3.00. The van der Waals surface area contributed by atoms with Crippen LogP contribution in [0.3, 0.4) is 0 Å². The molecule has 0 bridgehead atoms. The fraction of sp³-hybridized carbons (Fsp3) is 0.857. The van der Waals surface area contributed by atoms with Crippen molar-refractivity contribution < 1.29 is 27.2 Å². The van der Waals surface area contributed by atoms with E-state index in [9.17, 15) is 5.11 Å². The first-order valence-corrected chi connectivity index (χ1v) is 10.6. The summed E-state index contributed by atoms with van der Waals surface area (Å²) in [5.74, 6) is 0. The Bertz CT molecular complexity index is 412. The van der Waals surface area contributed by atoms with Crippen molar-refractivity contribution in [3.05, 3.63) is 18.7 Å². The molecule has 0 saturated carbocycles. The van der Waals surface area contributed by atoms with Crippen LogP contribution >= 0.6 is 0 Å². The van der Waals surface area contributed by atoms with Crippen LogP contribution in [0.4, 0.5) is 0 Å². The smallest absolute Gasteiger partial charge is 0.243 e. The summed E-state index contributed by atoms with van der Waals surface area (Å²) in [5.41, 5.74) is 0. The molecule has 0 aromatic carbocycles. The van der Waals surface area contributed by atoms with E-state index in [2.05, 4.69) is 6.92 Å². The molecule has 0 aliphatic heterocycles. The number of aromatic nitrogens is 2. The Balaban J connectivity index is 0.00000625. The van der Waals surface area contributed by atoms with Crippen LogP contribution in [0.1, 0.15) is 90.4 Å². The van der Waals surface area contributed by atoms with E-state index in [1.165, 1.54) is 70.6 Å². The van der Waals surface area contributed by atoms with Crippen LogP contribution in [-0.4, -0.2) is 27.5 Å². The summed E-state index contributed by atoms with van der Waals surface area (Å²) in [4.78, 5) is 0. The van der Waals surface area contributed by atoms with E-state index in [1.807, 2.05) is 27.9 Å². The minimum atomic E-state index is -0.266. The molecular formula is C21H41ClN2O2. The molecule has 26 heavy (non-hydrogen) atoms. The molecule has 1 aromatic heterocycles. The number of aliphatic hydroxyl groups excluding tert-OH is 2. The minimum Gasteiger partial charge on any atom is -1.00 e. The molecule has 0 spiro atoms. The Morgan fingerprint density at radius 2 is 1.42 bits per heavy atom. The van der Waals surface area contributed by atoms with E-state index in [0.29, 0.717) is 13.1 Å². The largest absolute Gasteiger partial charge is 1.00 e. The summed E-state index contributed by atoms with van der Waals surface area (Å²) in [6.45, 7) is 3.68. The van der Waals surface area contributed by atoms with Crippen molar-refractivity contribution >= 4 is 0 Å². The molecule has 1 aromatic rings. The van der Waals surface area contributed by atoms with Crippen molar-refractivity contribution in [1.82, 2.24) is 4.57 Å². The van der Waals surface area contributed by atoms with Crippen LogP contribution in [0.5, 0.6) is 0 Å². The van der Waals surface area contributed by atoms with Gasteiger partial charge in [-0.25, -0.2) is 9.13 Å². The predicted octanol–water partition coefficient (Wildman–Crippen LogP) is 1.22. The van der Waals surface area contributed by atoms with Gasteiger partial charge in [0.15, 0.2) is 0 Å². The third-order valence-electron chi connectivity index (χ3n) is 4.92. The van der Waals surface area contributed by atoms with Crippen LogP contribution in [0, 0.1) is 0 Å². The van der Waals surface area contributed by atoms with Gasteiger partial charge in [-0.05, 0) is 6.42 Å². The van der Waals surface area contributed by atoms with Crippen molar-refractivity contribution in [1.29, 1.82) is 0 Å². The lowest BCUT2D eigenvalue weighted by atomic mass is 10.0. The van der Waals surface area contributed by atoms with Gasteiger partial charge in [-0.1, -0.05) is 84.0 Å². The number of rotatable bonds is 17. The molecule has 1 unspecified atom stereocenters. The lowest BCUT2D eigenvalue weighted by molar-refractivity contribution is -0.703. The molecule has 1 atom stereocenters. The number of imidazole rings is 1. The second-order valence-electron chi connectivity index (χ2n) is 7.40. The van der Waals surface area contributed by atoms with E-state index in [0.717, 1.165) is 12.8 Å². The van der Waals surface area contributed by atoms with Gasteiger partial charge in [0.1, 0.15) is 25.5 Å². The summed E-state index contributed by atoms with van der Waals surface area (Å²) < 4.78 is 3.94. The zero-order valence-corrected chi connectivity index (χ0v) is 17.5. The van der Waals surface area contributed by atoms with Gasteiger partial charge in [-0.3, -0.25) is 0 Å². The van der Waals surface area contributed by atoms with Crippen molar-refractivity contribution in [2.24, 2.45) is 0 Å². The molecule has 5 heteroatoms. The zero-order valence-electron chi connectivity index (χ0n) is 16.8. The average molecular weight is 389 g/mol.